The fourth-order valence-electron chi connectivity index (χ4n) is 4.44. The molecule has 1 unspecified atom stereocenters. The van der Waals surface area contributed by atoms with Crippen molar-refractivity contribution in [1.29, 1.82) is 0 Å². The van der Waals surface area contributed by atoms with Gasteiger partial charge < -0.3 is 19.5 Å². The highest BCUT2D eigenvalue weighted by atomic mass is 16.5. The van der Waals surface area contributed by atoms with Gasteiger partial charge in [-0.1, -0.05) is 36.9 Å². The maximum atomic E-state index is 13.0. The molecule has 0 bridgehead atoms. The topological polar surface area (TPSA) is 76.5 Å². The highest BCUT2D eigenvalue weighted by Gasteiger charge is 2.39. The summed E-state index contributed by atoms with van der Waals surface area (Å²) < 4.78 is 8.22. The Kier molecular flexibility index (Phi) is 5.46. The van der Waals surface area contributed by atoms with E-state index in [-0.39, 0.29) is 11.8 Å². The lowest BCUT2D eigenvalue weighted by Crippen LogP contribution is -2.49. The van der Waals surface area contributed by atoms with Crippen molar-refractivity contribution in [1.82, 2.24) is 19.8 Å². The predicted octanol–water partition coefficient (Wildman–Crippen LogP) is 3.57. The summed E-state index contributed by atoms with van der Waals surface area (Å²) in [5.74, 6) is 1.38. The number of fused-ring (bicyclic) bond motifs is 1. The minimum absolute atomic E-state index is 0.123. The molecule has 2 aliphatic rings. The van der Waals surface area contributed by atoms with Gasteiger partial charge in [-0.15, -0.1) is 0 Å². The number of imidazole rings is 1. The van der Waals surface area contributed by atoms with Gasteiger partial charge in [0.05, 0.1) is 6.54 Å². The fraction of sp³-hybridized carbons (Fsp3) is 0.269. The van der Waals surface area contributed by atoms with Crippen LogP contribution in [0.5, 0.6) is 5.75 Å². The Bertz CT molecular complexity index is 1230. The third-order valence-electron chi connectivity index (χ3n) is 6.35. The van der Waals surface area contributed by atoms with Crippen molar-refractivity contribution in [3.8, 4) is 5.75 Å². The number of aromatic nitrogens is 2. The number of nitrogens with one attached hydrogen (secondary N) is 1. The molecule has 1 aromatic heterocycles. The van der Waals surface area contributed by atoms with Crippen molar-refractivity contribution in [2.75, 3.05) is 0 Å². The highest BCUT2D eigenvalue weighted by Crippen LogP contribution is 2.34. The van der Waals surface area contributed by atoms with Gasteiger partial charge in [0, 0.05) is 35.8 Å². The van der Waals surface area contributed by atoms with Crippen LogP contribution in [0.25, 0.3) is 0 Å². The Balaban J connectivity index is 1.26. The van der Waals surface area contributed by atoms with E-state index in [0.29, 0.717) is 43.0 Å². The summed E-state index contributed by atoms with van der Waals surface area (Å²) in [6.07, 6.45) is 5.04. The molecule has 3 aromatic rings. The van der Waals surface area contributed by atoms with E-state index in [2.05, 4.69) is 45.7 Å². The molecule has 2 amide bonds. The molecule has 1 atom stereocenters. The highest BCUT2D eigenvalue weighted by molar-refractivity contribution is 6.02. The van der Waals surface area contributed by atoms with E-state index in [4.69, 9.17) is 4.74 Å². The van der Waals surface area contributed by atoms with Crippen molar-refractivity contribution < 1.29 is 14.3 Å². The molecule has 1 fully saturated rings. The number of allylic oxidation sites excluding steroid dienone is 1. The first-order chi connectivity index (χ1) is 16.0. The number of nitrogens with zero attached hydrogens (tertiary/aromatic N) is 3. The lowest BCUT2D eigenvalue weighted by Gasteiger charge is -2.31. The zero-order valence-electron chi connectivity index (χ0n) is 18.6. The van der Waals surface area contributed by atoms with E-state index < -0.39 is 6.04 Å². The standard InChI is InChI=1S/C26H26N4O3/c1-17-6-11-23(25(31)28-17)30-15-22-21(26(30)32)4-3-5-24(22)33-16-20-9-7-19(8-10-20)14-29-13-12-27-18(29)2/h3-5,7-10,12-13,23H,1,6,11,14-16H2,2H3,(H,28,31). The summed E-state index contributed by atoms with van der Waals surface area (Å²) >= 11 is 0. The molecular formula is C26H26N4O3. The molecule has 0 radical (unpaired) electrons. The molecule has 1 N–H and O–H groups in total. The van der Waals surface area contributed by atoms with Gasteiger partial charge >= 0.3 is 0 Å². The first-order valence-electron chi connectivity index (χ1n) is 11.1. The summed E-state index contributed by atoms with van der Waals surface area (Å²) in [5.41, 5.74) is 4.39. The summed E-state index contributed by atoms with van der Waals surface area (Å²) in [6.45, 7) is 7.36. The summed E-state index contributed by atoms with van der Waals surface area (Å²) in [5, 5.41) is 2.77. The van der Waals surface area contributed by atoms with Gasteiger partial charge in [0.1, 0.15) is 24.2 Å². The average Bonchev–Trinajstić information content (AvgIpc) is 3.36. The third kappa shape index (κ3) is 4.14. The average molecular weight is 443 g/mol. The number of benzene rings is 2. The molecule has 0 aliphatic carbocycles. The van der Waals surface area contributed by atoms with Gasteiger partial charge in [0.25, 0.3) is 5.91 Å². The number of hydrogen-bond donors (Lipinski definition) is 1. The van der Waals surface area contributed by atoms with Gasteiger partial charge in [-0.3, -0.25) is 9.59 Å². The van der Waals surface area contributed by atoms with Crippen LogP contribution in [0, 0.1) is 6.92 Å². The van der Waals surface area contributed by atoms with Crippen LogP contribution in [0.3, 0.4) is 0 Å². The normalized spacial score (nSPS) is 17.8. The number of ether oxygens (including phenoxy) is 1. The first kappa shape index (κ1) is 21.0. The maximum absolute atomic E-state index is 13.0. The quantitative estimate of drug-likeness (QED) is 0.633. The van der Waals surface area contributed by atoms with Crippen LogP contribution in [-0.2, 0) is 24.5 Å². The minimum atomic E-state index is -0.477. The minimum Gasteiger partial charge on any atom is -0.489 e. The molecule has 7 nitrogen and oxygen atoms in total. The van der Waals surface area contributed by atoms with Crippen LogP contribution in [0.1, 0.15) is 45.7 Å². The smallest absolute Gasteiger partial charge is 0.255 e. The summed E-state index contributed by atoms with van der Waals surface area (Å²) in [7, 11) is 0. The van der Waals surface area contributed by atoms with Crippen LogP contribution < -0.4 is 10.1 Å². The van der Waals surface area contributed by atoms with Crippen molar-refractivity contribution in [2.45, 2.75) is 45.5 Å². The Labute approximate surface area is 192 Å². The zero-order valence-corrected chi connectivity index (χ0v) is 18.6. The number of hydrogen-bond acceptors (Lipinski definition) is 4. The van der Waals surface area contributed by atoms with Crippen molar-refractivity contribution >= 4 is 11.8 Å². The van der Waals surface area contributed by atoms with E-state index in [1.807, 2.05) is 25.3 Å². The first-order valence-corrected chi connectivity index (χ1v) is 11.1. The van der Waals surface area contributed by atoms with Crippen LogP contribution in [0.4, 0.5) is 0 Å². The Morgan fingerprint density at radius 3 is 2.67 bits per heavy atom. The van der Waals surface area contributed by atoms with E-state index >= 15 is 0 Å². The van der Waals surface area contributed by atoms with E-state index in [1.54, 1.807) is 17.2 Å². The monoisotopic (exact) mass is 442 g/mol. The number of rotatable bonds is 6. The Morgan fingerprint density at radius 1 is 1.15 bits per heavy atom. The van der Waals surface area contributed by atoms with Gasteiger partial charge in [0.15, 0.2) is 0 Å². The molecule has 0 saturated carbocycles. The fourth-order valence-corrected chi connectivity index (χ4v) is 4.44. The SMILES string of the molecule is C=C1CCC(N2Cc3c(OCc4ccc(Cn5ccnc5C)cc4)cccc3C2=O)C(=O)N1. The molecule has 3 heterocycles. The van der Waals surface area contributed by atoms with Gasteiger partial charge in [-0.25, -0.2) is 4.98 Å². The predicted molar refractivity (Wildman–Crippen MR) is 123 cm³/mol. The molecule has 7 heteroatoms. The molecule has 5 rings (SSSR count). The van der Waals surface area contributed by atoms with Gasteiger partial charge in [0.2, 0.25) is 5.91 Å². The van der Waals surface area contributed by atoms with Crippen LogP contribution in [0.15, 0.2) is 67.1 Å². The second-order valence-electron chi connectivity index (χ2n) is 8.57. The molecule has 0 spiro atoms. The number of carbonyl (C=O) groups excluding carboxylic acids is 2. The number of carbonyl (C=O) groups is 2. The molecular weight excluding hydrogens is 416 g/mol. The van der Waals surface area contributed by atoms with Crippen LogP contribution in [-0.4, -0.2) is 32.3 Å². The molecule has 1 saturated heterocycles. The number of piperidine rings is 1. The lowest BCUT2D eigenvalue weighted by molar-refractivity contribution is -0.126. The maximum Gasteiger partial charge on any atom is 0.255 e. The van der Waals surface area contributed by atoms with E-state index in [0.717, 1.165) is 23.5 Å². The van der Waals surface area contributed by atoms with Crippen molar-refractivity contribution in [3.05, 3.63) is 95.2 Å². The molecule has 33 heavy (non-hydrogen) atoms. The number of amides is 2. The van der Waals surface area contributed by atoms with Crippen LogP contribution in [0.2, 0.25) is 0 Å². The Hall–Kier alpha value is -3.87. The van der Waals surface area contributed by atoms with Crippen LogP contribution >= 0.6 is 0 Å². The van der Waals surface area contributed by atoms with Gasteiger partial charge in [-0.05, 0) is 43.0 Å². The molecule has 2 aliphatic heterocycles. The molecule has 168 valence electrons. The third-order valence-corrected chi connectivity index (χ3v) is 6.35. The lowest BCUT2D eigenvalue weighted by atomic mass is 10.0. The zero-order chi connectivity index (χ0) is 22.9. The second kappa shape index (κ2) is 8.58. The molecule has 2 aromatic carbocycles. The van der Waals surface area contributed by atoms with E-state index in [9.17, 15) is 9.59 Å². The van der Waals surface area contributed by atoms with Crippen molar-refractivity contribution in [3.63, 3.8) is 0 Å². The summed E-state index contributed by atoms with van der Waals surface area (Å²) in [4.78, 5) is 31.3. The Morgan fingerprint density at radius 2 is 1.94 bits per heavy atom. The van der Waals surface area contributed by atoms with Gasteiger partial charge in [-0.2, -0.15) is 0 Å². The number of aryl methyl sites for hydroxylation is 1. The largest absolute Gasteiger partial charge is 0.489 e. The van der Waals surface area contributed by atoms with Crippen molar-refractivity contribution in [2.24, 2.45) is 0 Å². The summed E-state index contributed by atoms with van der Waals surface area (Å²) in [6, 6.07) is 13.3. The van der Waals surface area contributed by atoms with E-state index in [1.165, 1.54) is 5.56 Å². The second-order valence-corrected chi connectivity index (χ2v) is 8.57.